The zero-order valence-electron chi connectivity index (χ0n) is 14.3. The molecule has 0 spiro atoms. The Bertz CT molecular complexity index is 917. The first kappa shape index (κ1) is 17.4. The van der Waals surface area contributed by atoms with E-state index < -0.39 is 4.92 Å². The molecule has 0 saturated heterocycles. The Morgan fingerprint density at radius 3 is 2.46 bits per heavy atom. The second-order valence-corrected chi connectivity index (χ2v) is 5.88. The number of benzene rings is 3. The molecule has 0 atom stereocenters. The van der Waals surface area contributed by atoms with Gasteiger partial charge < -0.3 is 4.74 Å². The van der Waals surface area contributed by atoms with Gasteiger partial charge >= 0.3 is 0 Å². The zero-order valence-corrected chi connectivity index (χ0v) is 14.3. The number of nitrogens with zero attached hydrogens (tertiary/aromatic N) is 2. The summed E-state index contributed by atoms with van der Waals surface area (Å²) in [5.41, 5.74) is 3.97. The first-order chi connectivity index (χ1) is 12.6. The Balaban J connectivity index is 1.63. The second-order valence-electron chi connectivity index (χ2n) is 5.88. The molecule has 3 aromatic rings. The van der Waals surface area contributed by atoms with Gasteiger partial charge in [0.15, 0.2) is 0 Å². The lowest BCUT2D eigenvalue weighted by Crippen LogP contribution is -1.96. The summed E-state index contributed by atoms with van der Waals surface area (Å²) in [5, 5.41) is 10.7. The number of ether oxygens (including phenoxy) is 1. The summed E-state index contributed by atoms with van der Waals surface area (Å²) in [6.07, 6.45) is 1.80. The number of aryl methyl sites for hydroxylation is 1. The largest absolute Gasteiger partial charge is 0.489 e. The van der Waals surface area contributed by atoms with Gasteiger partial charge in [-0.05, 0) is 54.4 Å². The third-order valence-electron chi connectivity index (χ3n) is 3.81. The van der Waals surface area contributed by atoms with Gasteiger partial charge in [0, 0.05) is 18.3 Å². The third kappa shape index (κ3) is 4.77. The van der Waals surface area contributed by atoms with E-state index in [1.807, 2.05) is 55.5 Å². The first-order valence-electron chi connectivity index (χ1n) is 8.17. The van der Waals surface area contributed by atoms with E-state index in [-0.39, 0.29) is 5.69 Å². The van der Waals surface area contributed by atoms with E-state index in [2.05, 4.69) is 4.99 Å². The van der Waals surface area contributed by atoms with Crippen LogP contribution in [0.15, 0.2) is 77.8 Å². The fourth-order valence-corrected chi connectivity index (χ4v) is 2.35. The average Bonchev–Trinajstić information content (AvgIpc) is 2.66. The van der Waals surface area contributed by atoms with Crippen molar-refractivity contribution in [2.24, 2.45) is 4.99 Å². The molecule has 3 aromatic carbocycles. The van der Waals surface area contributed by atoms with Gasteiger partial charge in [-0.2, -0.15) is 0 Å². The van der Waals surface area contributed by atoms with Crippen molar-refractivity contribution in [1.29, 1.82) is 0 Å². The minimum atomic E-state index is -0.415. The molecule has 5 heteroatoms. The Morgan fingerprint density at radius 1 is 1.04 bits per heavy atom. The van der Waals surface area contributed by atoms with Crippen molar-refractivity contribution in [2.75, 3.05) is 0 Å². The molecule has 0 bridgehead atoms. The predicted octanol–water partition coefficient (Wildman–Crippen LogP) is 5.23. The Morgan fingerprint density at radius 2 is 1.77 bits per heavy atom. The fourth-order valence-electron chi connectivity index (χ4n) is 2.35. The maximum atomic E-state index is 10.7. The molecule has 0 aliphatic carbocycles. The van der Waals surface area contributed by atoms with Crippen LogP contribution in [0.3, 0.4) is 0 Å². The van der Waals surface area contributed by atoms with Crippen LogP contribution in [0.1, 0.15) is 16.7 Å². The van der Waals surface area contributed by atoms with Crippen LogP contribution >= 0.6 is 0 Å². The van der Waals surface area contributed by atoms with Gasteiger partial charge in [0.2, 0.25) is 0 Å². The molecule has 0 fully saturated rings. The highest BCUT2D eigenvalue weighted by Gasteiger charge is 2.04. The number of non-ortho nitro benzene ring substituents is 1. The van der Waals surface area contributed by atoms with E-state index >= 15 is 0 Å². The van der Waals surface area contributed by atoms with E-state index in [0.717, 1.165) is 22.6 Å². The summed E-state index contributed by atoms with van der Waals surface area (Å²) in [6.45, 7) is 2.38. The highest BCUT2D eigenvalue weighted by atomic mass is 16.6. The van der Waals surface area contributed by atoms with Crippen LogP contribution in [-0.2, 0) is 6.61 Å². The lowest BCUT2D eigenvalue weighted by Gasteiger charge is -2.07. The van der Waals surface area contributed by atoms with Crippen molar-refractivity contribution in [1.82, 2.24) is 0 Å². The predicted molar refractivity (Wildman–Crippen MR) is 102 cm³/mol. The molecule has 0 aliphatic heterocycles. The molecular formula is C21H18N2O3. The van der Waals surface area contributed by atoms with E-state index in [1.165, 1.54) is 17.7 Å². The molecule has 26 heavy (non-hydrogen) atoms. The highest BCUT2D eigenvalue weighted by Crippen LogP contribution is 2.18. The van der Waals surface area contributed by atoms with Crippen LogP contribution in [0.5, 0.6) is 5.75 Å². The molecule has 0 saturated carbocycles. The fraction of sp³-hybridized carbons (Fsp3) is 0.0952. The molecule has 5 nitrogen and oxygen atoms in total. The van der Waals surface area contributed by atoms with Crippen molar-refractivity contribution >= 4 is 17.6 Å². The molecule has 0 unspecified atom stereocenters. The summed E-state index contributed by atoms with van der Waals surface area (Å²) in [4.78, 5) is 14.7. The van der Waals surface area contributed by atoms with E-state index in [9.17, 15) is 10.1 Å². The smallest absolute Gasteiger partial charge is 0.269 e. The molecule has 0 aliphatic rings. The van der Waals surface area contributed by atoms with Gasteiger partial charge in [-0.15, -0.1) is 0 Å². The van der Waals surface area contributed by atoms with Crippen LogP contribution in [0.2, 0.25) is 0 Å². The van der Waals surface area contributed by atoms with E-state index in [4.69, 9.17) is 4.74 Å². The van der Waals surface area contributed by atoms with E-state index in [0.29, 0.717) is 6.61 Å². The quantitative estimate of drug-likeness (QED) is 0.348. The second kappa shape index (κ2) is 8.07. The van der Waals surface area contributed by atoms with Gasteiger partial charge in [0.1, 0.15) is 12.4 Å². The zero-order chi connectivity index (χ0) is 18.4. The molecule has 0 heterocycles. The topological polar surface area (TPSA) is 64.7 Å². The number of hydrogen-bond acceptors (Lipinski definition) is 4. The van der Waals surface area contributed by atoms with Crippen LogP contribution in [0, 0.1) is 17.0 Å². The van der Waals surface area contributed by atoms with Gasteiger partial charge in [0.05, 0.1) is 10.6 Å². The van der Waals surface area contributed by atoms with Crippen molar-refractivity contribution in [3.05, 3.63) is 99.6 Å². The van der Waals surface area contributed by atoms with Gasteiger partial charge in [-0.3, -0.25) is 15.1 Å². The normalized spacial score (nSPS) is 10.8. The SMILES string of the molecule is Cc1ccc(N=Cc2cccc(OCc3ccc([N+](=O)[O-])cc3)c2)cc1. The minimum Gasteiger partial charge on any atom is -0.489 e. The maximum Gasteiger partial charge on any atom is 0.269 e. The van der Waals surface area contributed by atoms with Crippen LogP contribution < -0.4 is 4.74 Å². The maximum absolute atomic E-state index is 10.7. The lowest BCUT2D eigenvalue weighted by atomic mass is 10.2. The summed E-state index contributed by atoms with van der Waals surface area (Å²) >= 11 is 0. The summed E-state index contributed by atoms with van der Waals surface area (Å²) in [7, 11) is 0. The summed E-state index contributed by atoms with van der Waals surface area (Å²) in [6, 6.07) is 22.0. The Kier molecular flexibility index (Phi) is 5.39. The number of nitro benzene ring substituents is 1. The minimum absolute atomic E-state index is 0.0723. The van der Waals surface area contributed by atoms with E-state index in [1.54, 1.807) is 18.3 Å². The highest BCUT2D eigenvalue weighted by molar-refractivity contribution is 5.82. The molecular weight excluding hydrogens is 328 g/mol. The van der Waals surface area contributed by atoms with Crippen LogP contribution in [0.25, 0.3) is 0 Å². The number of rotatable bonds is 6. The third-order valence-corrected chi connectivity index (χ3v) is 3.81. The number of hydrogen-bond donors (Lipinski definition) is 0. The van der Waals surface area contributed by atoms with Crippen molar-refractivity contribution in [3.8, 4) is 5.75 Å². The monoisotopic (exact) mass is 346 g/mol. The first-order valence-corrected chi connectivity index (χ1v) is 8.17. The molecule has 0 radical (unpaired) electrons. The van der Waals surface area contributed by atoms with Gasteiger partial charge in [-0.25, -0.2) is 0 Å². The van der Waals surface area contributed by atoms with Crippen molar-refractivity contribution in [3.63, 3.8) is 0 Å². The molecule has 130 valence electrons. The Hall–Kier alpha value is -3.47. The summed E-state index contributed by atoms with van der Waals surface area (Å²) in [5.74, 6) is 0.719. The molecule has 0 N–H and O–H groups in total. The molecule has 0 aromatic heterocycles. The number of nitro groups is 1. The van der Waals surface area contributed by atoms with Crippen LogP contribution in [0.4, 0.5) is 11.4 Å². The molecule has 0 amide bonds. The van der Waals surface area contributed by atoms with Gasteiger partial charge in [0.25, 0.3) is 5.69 Å². The van der Waals surface area contributed by atoms with Crippen LogP contribution in [-0.4, -0.2) is 11.1 Å². The average molecular weight is 346 g/mol. The lowest BCUT2D eigenvalue weighted by molar-refractivity contribution is -0.384. The number of aliphatic imine (C=N–C) groups is 1. The Labute approximate surface area is 151 Å². The van der Waals surface area contributed by atoms with Crippen molar-refractivity contribution in [2.45, 2.75) is 13.5 Å². The van der Waals surface area contributed by atoms with Crippen molar-refractivity contribution < 1.29 is 9.66 Å². The molecule has 3 rings (SSSR count). The van der Waals surface area contributed by atoms with Gasteiger partial charge in [-0.1, -0.05) is 29.8 Å². The standard InChI is InChI=1S/C21H18N2O3/c1-16-5-9-19(10-6-16)22-14-18-3-2-4-21(13-18)26-15-17-7-11-20(12-8-17)23(24)25/h2-14H,15H2,1H3. The summed E-state index contributed by atoms with van der Waals surface area (Å²) < 4.78 is 5.77.